The van der Waals surface area contributed by atoms with Crippen LogP contribution in [0.5, 0.6) is 0 Å². The Balaban J connectivity index is 1.42. The molecule has 2 aromatic rings. The molecule has 2 aromatic heterocycles. The first-order chi connectivity index (χ1) is 14.4. The number of ether oxygens (including phenoxy) is 2. The number of aromatic nitrogens is 3. The number of nitrogens with zero attached hydrogens (tertiary/aromatic N) is 3. The van der Waals surface area contributed by atoms with Crippen LogP contribution in [0, 0.1) is 5.92 Å². The van der Waals surface area contributed by atoms with Gasteiger partial charge in [0.2, 0.25) is 0 Å². The van der Waals surface area contributed by atoms with Gasteiger partial charge in [-0.25, -0.2) is 9.50 Å². The molecule has 1 saturated carbocycles. The van der Waals surface area contributed by atoms with Crippen LogP contribution in [0.1, 0.15) is 57.6 Å². The number of aliphatic hydroxyl groups is 2. The summed E-state index contributed by atoms with van der Waals surface area (Å²) in [5.74, 6) is 0.383. The number of aliphatic hydroxyl groups excluding tert-OH is 2. The van der Waals surface area contributed by atoms with E-state index in [1.807, 2.05) is 0 Å². The highest BCUT2D eigenvalue weighted by Crippen LogP contribution is 2.40. The third-order valence-electron chi connectivity index (χ3n) is 6.49. The first-order valence-corrected chi connectivity index (χ1v) is 10.7. The van der Waals surface area contributed by atoms with Crippen LogP contribution in [0.2, 0.25) is 0 Å². The quantitative estimate of drug-likeness (QED) is 0.492. The second-order valence-electron chi connectivity index (χ2n) is 8.60. The summed E-state index contributed by atoms with van der Waals surface area (Å²) >= 11 is 0. The van der Waals surface area contributed by atoms with E-state index in [0.29, 0.717) is 29.4 Å². The van der Waals surface area contributed by atoms with E-state index in [1.54, 1.807) is 23.6 Å². The van der Waals surface area contributed by atoms with Crippen LogP contribution in [-0.4, -0.2) is 55.7 Å². The molecule has 164 valence electrons. The summed E-state index contributed by atoms with van der Waals surface area (Å²) in [6, 6.07) is 3.47. The van der Waals surface area contributed by atoms with Gasteiger partial charge in [-0.1, -0.05) is 25.7 Å². The van der Waals surface area contributed by atoms with Crippen LogP contribution < -0.4 is 5.73 Å². The topological polar surface area (TPSA) is 132 Å². The molecule has 0 unspecified atom stereocenters. The lowest BCUT2D eigenvalue weighted by Gasteiger charge is -2.27. The molecule has 2 fully saturated rings. The minimum Gasteiger partial charge on any atom is -0.463 e. The molecule has 4 N–H and O–H groups in total. The fraction of sp³-hybridized carbons (Fsp3) is 0.667. The van der Waals surface area contributed by atoms with Gasteiger partial charge < -0.3 is 25.4 Å². The Morgan fingerprint density at radius 1 is 1.30 bits per heavy atom. The Hall–Kier alpha value is -2.23. The maximum absolute atomic E-state index is 12.3. The number of nitrogen functional groups attached to an aromatic ring is 1. The molecule has 9 nitrogen and oxygen atoms in total. The highest BCUT2D eigenvalue weighted by atomic mass is 16.6. The summed E-state index contributed by atoms with van der Waals surface area (Å²) in [5, 5.41) is 25.5. The molecule has 1 saturated heterocycles. The van der Waals surface area contributed by atoms with E-state index in [0.717, 1.165) is 25.7 Å². The van der Waals surface area contributed by atoms with Crippen molar-refractivity contribution in [3.05, 3.63) is 24.2 Å². The number of hydrogen-bond acceptors (Lipinski definition) is 8. The Bertz CT molecular complexity index is 895. The van der Waals surface area contributed by atoms with Crippen molar-refractivity contribution in [1.29, 1.82) is 0 Å². The second kappa shape index (κ2) is 8.49. The van der Waals surface area contributed by atoms with Crippen LogP contribution in [0.3, 0.4) is 0 Å². The zero-order chi connectivity index (χ0) is 21.3. The van der Waals surface area contributed by atoms with Gasteiger partial charge in [-0.15, -0.1) is 0 Å². The Morgan fingerprint density at radius 3 is 2.77 bits per heavy atom. The molecule has 9 heteroatoms. The normalized spacial score (nSPS) is 30.4. The monoisotopic (exact) mass is 418 g/mol. The van der Waals surface area contributed by atoms with E-state index in [1.165, 1.54) is 19.2 Å². The fourth-order valence-corrected chi connectivity index (χ4v) is 4.69. The smallest absolute Gasteiger partial charge is 0.306 e. The van der Waals surface area contributed by atoms with E-state index in [4.69, 9.17) is 15.2 Å². The summed E-state index contributed by atoms with van der Waals surface area (Å²) < 4.78 is 13.0. The van der Waals surface area contributed by atoms with Gasteiger partial charge in [0.15, 0.2) is 5.82 Å². The molecule has 30 heavy (non-hydrogen) atoms. The molecule has 0 bridgehead atoms. The van der Waals surface area contributed by atoms with Crippen molar-refractivity contribution in [2.24, 2.45) is 5.92 Å². The van der Waals surface area contributed by atoms with Crippen molar-refractivity contribution in [1.82, 2.24) is 14.6 Å². The average Bonchev–Trinajstić information content (AvgIpc) is 3.13. The number of esters is 1. The van der Waals surface area contributed by atoms with Crippen LogP contribution in [0.15, 0.2) is 18.5 Å². The molecule has 1 aliphatic heterocycles. The van der Waals surface area contributed by atoms with E-state index in [-0.39, 0.29) is 12.6 Å². The lowest BCUT2D eigenvalue weighted by molar-refractivity contribution is -0.153. The Kier molecular flexibility index (Phi) is 5.95. The highest BCUT2D eigenvalue weighted by molar-refractivity contribution is 5.69. The number of nitrogens with two attached hydrogens (primary N) is 1. The third kappa shape index (κ3) is 3.89. The maximum Gasteiger partial charge on any atom is 0.306 e. The number of hydrogen-bond donors (Lipinski definition) is 3. The summed E-state index contributed by atoms with van der Waals surface area (Å²) in [6.07, 6.45) is 5.34. The zero-order valence-corrected chi connectivity index (χ0v) is 17.2. The van der Waals surface area contributed by atoms with Crippen molar-refractivity contribution in [2.45, 2.75) is 75.8 Å². The Labute approximate surface area is 175 Å². The van der Waals surface area contributed by atoms with Gasteiger partial charge in [-0.05, 0) is 37.8 Å². The first kappa shape index (κ1) is 21.0. The molecule has 3 heterocycles. The van der Waals surface area contributed by atoms with E-state index < -0.39 is 23.9 Å². The van der Waals surface area contributed by atoms with E-state index >= 15 is 0 Å². The van der Waals surface area contributed by atoms with Crippen LogP contribution >= 0.6 is 0 Å². The number of rotatable bonds is 5. The lowest BCUT2D eigenvalue weighted by atomic mass is 9.93. The van der Waals surface area contributed by atoms with Crippen molar-refractivity contribution in [3.63, 3.8) is 0 Å². The first-order valence-electron chi connectivity index (χ1n) is 10.7. The zero-order valence-electron chi connectivity index (χ0n) is 17.2. The number of carbonyl (C=O) groups is 1. The van der Waals surface area contributed by atoms with Crippen molar-refractivity contribution in [3.8, 4) is 0 Å². The Morgan fingerprint density at radius 2 is 2.03 bits per heavy atom. The van der Waals surface area contributed by atoms with Gasteiger partial charge in [-0.2, -0.15) is 5.10 Å². The fourth-order valence-electron chi connectivity index (χ4n) is 4.69. The second-order valence-corrected chi connectivity index (χ2v) is 8.60. The van der Waals surface area contributed by atoms with Crippen LogP contribution in [0.4, 0.5) is 5.82 Å². The molecule has 0 spiro atoms. The predicted molar refractivity (Wildman–Crippen MR) is 108 cm³/mol. The molecule has 4 atom stereocenters. The van der Waals surface area contributed by atoms with Crippen LogP contribution in [-0.2, 0) is 19.9 Å². The minimum atomic E-state index is -1.25. The largest absolute Gasteiger partial charge is 0.463 e. The highest BCUT2D eigenvalue weighted by Gasteiger charge is 2.54. The summed E-state index contributed by atoms with van der Waals surface area (Å²) in [5.41, 5.74) is 5.75. The summed E-state index contributed by atoms with van der Waals surface area (Å²) in [6.45, 7) is 1.56. The SMILES string of the molecule is C[C@@]1(c2ccc3c(N)ncnn23)O[C@H](COC(=O)CC2CCCCCC2)[C@@H](O)[C@H]1O. The summed E-state index contributed by atoms with van der Waals surface area (Å²) in [4.78, 5) is 16.3. The van der Waals surface area contributed by atoms with Gasteiger partial charge in [0.05, 0.1) is 5.69 Å². The molecular weight excluding hydrogens is 388 g/mol. The number of fused-ring (bicyclic) bond motifs is 1. The predicted octanol–water partition coefficient (Wildman–Crippen LogP) is 1.55. The van der Waals surface area contributed by atoms with E-state index in [2.05, 4.69) is 10.1 Å². The van der Waals surface area contributed by atoms with Gasteiger partial charge in [0.1, 0.15) is 42.4 Å². The molecule has 0 amide bonds. The van der Waals surface area contributed by atoms with Crippen molar-refractivity contribution in [2.75, 3.05) is 12.3 Å². The maximum atomic E-state index is 12.3. The molecule has 0 radical (unpaired) electrons. The molecule has 1 aliphatic carbocycles. The number of carbonyl (C=O) groups excluding carboxylic acids is 1. The van der Waals surface area contributed by atoms with Crippen molar-refractivity contribution >= 4 is 17.3 Å². The molecule has 2 aliphatic rings. The van der Waals surface area contributed by atoms with Crippen molar-refractivity contribution < 1.29 is 24.5 Å². The molecule has 4 rings (SSSR count). The minimum absolute atomic E-state index is 0.111. The standard InChI is InChI=1S/C21H30N4O5/c1-21(16-9-8-14-20(22)23-12-24-25(14)16)19(28)18(27)15(30-21)11-29-17(26)10-13-6-4-2-3-5-7-13/h8-9,12-13,15,18-19,27-28H,2-7,10-11H2,1H3,(H2,22,23,24)/t15-,18-,19-,21+/m1/s1. The molecule has 0 aromatic carbocycles. The average molecular weight is 418 g/mol. The van der Waals surface area contributed by atoms with Gasteiger partial charge >= 0.3 is 5.97 Å². The molecular formula is C21H30N4O5. The van der Waals surface area contributed by atoms with E-state index in [9.17, 15) is 15.0 Å². The van der Waals surface area contributed by atoms with Gasteiger partial charge in [0, 0.05) is 6.42 Å². The number of anilines is 1. The van der Waals surface area contributed by atoms with Gasteiger partial charge in [-0.3, -0.25) is 4.79 Å². The lowest BCUT2D eigenvalue weighted by Crippen LogP contribution is -2.39. The summed E-state index contributed by atoms with van der Waals surface area (Å²) in [7, 11) is 0. The van der Waals surface area contributed by atoms with Gasteiger partial charge in [0.25, 0.3) is 0 Å². The van der Waals surface area contributed by atoms with Crippen LogP contribution in [0.25, 0.3) is 5.52 Å². The third-order valence-corrected chi connectivity index (χ3v) is 6.49.